The van der Waals surface area contributed by atoms with Crippen molar-refractivity contribution < 1.29 is 9.47 Å². The molecule has 0 fully saturated rings. The first-order chi connectivity index (χ1) is 5.36. The summed E-state index contributed by atoms with van der Waals surface area (Å²) >= 11 is 3.31. The molecule has 2 nitrogen and oxygen atoms in total. The Morgan fingerprint density at radius 1 is 1.27 bits per heavy atom. The van der Waals surface area contributed by atoms with Crippen LogP contribution in [0, 0.1) is 0 Å². The van der Waals surface area contributed by atoms with Gasteiger partial charge in [-0.05, 0) is 28.1 Å². The molecule has 11 heavy (non-hydrogen) atoms. The van der Waals surface area contributed by atoms with Crippen molar-refractivity contribution in [1.29, 1.82) is 0 Å². The quantitative estimate of drug-likeness (QED) is 0.617. The Morgan fingerprint density at radius 2 is 2.00 bits per heavy atom. The maximum Gasteiger partial charge on any atom is 0.187 e. The highest BCUT2D eigenvalue weighted by atomic mass is 79.9. The van der Waals surface area contributed by atoms with Gasteiger partial charge in [-0.25, -0.2) is 0 Å². The first kappa shape index (κ1) is 6.98. The third-order valence-corrected chi connectivity index (χ3v) is 1.93. The molecule has 0 spiro atoms. The molecule has 1 aromatic carbocycles. The highest BCUT2D eigenvalue weighted by molar-refractivity contribution is 9.09. The van der Waals surface area contributed by atoms with E-state index in [1.54, 1.807) is 0 Å². The Labute approximate surface area is 73.3 Å². The Bertz CT molecular complexity index is 262. The standard InChI is InChI=1S/C8H7BrO2/c9-8-5-10-6-3-1-2-4-7(6)11-8/h1-4,8H,5H2. The summed E-state index contributed by atoms with van der Waals surface area (Å²) in [4.78, 5) is 0. The summed E-state index contributed by atoms with van der Waals surface area (Å²) in [7, 11) is 0. The Morgan fingerprint density at radius 3 is 2.82 bits per heavy atom. The molecule has 0 saturated carbocycles. The third-order valence-electron chi connectivity index (χ3n) is 1.47. The van der Waals surface area contributed by atoms with Gasteiger partial charge in [0, 0.05) is 0 Å². The molecule has 0 saturated heterocycles. The second-order valence-electron chi connectivity index (χ2n) is 2.29. The van der Waals surface area contributed by atoms with E-state index in [4.69, 9.17) is 9.47 Å². The molecule has 0 aliphatic carbocycles. The highest BCUT2D eigenvalue weighted by Crippen LogP contribution is 2.31. The molecule has 1 aromatic rings. The second kappa shape index (κ2) is 2.74. The molecule has 1 atom stereocenters. The molecule has 1 unspecified atom stereocenters. The average molecular weight is 215 g/mol. The van der Waals surface area contributed by atoms with Crippen molar-refractivity contribution in [3.63, 3.8) is 0 Å². The van der Waals surface area contributed by atoms with E-state index in [0.29, 0.717) is 6.61 Å². The number of hydrogen-bond acceptors (Lipinski definition) is 2. The van der Waals surface area contributed by atoms with E-state index in [1.165, 1.54) is 0 Å². The number of para-hydroxylation sites is 2. The van der Waals surface area contributed by atoms with Crippen LogP contribution in [0.2, 0.25) is 0 Å². The second-order valence-corrected chi connectivity index (χ2v) is 3.31. The minimum Gasteiger partial charge on any atom is -0.485 e. The maximum atomic E-state index is 5.42. The summed E-state index contributed by atoms with van der Waals surface area (Å²) in [6, 6.07) is 7.64. The SMILES string of the molecule is BrC1COc2ccccc2O1. The predicted octanol–water partition coefficient (Wildman–Crippen LogP) is 2.18. The third kappa shape index (κ3) is 1.33. The normalized spacial score (nSPS) is 21.4. The van der Waals surface area contributed by atoms with E-state index in [0.717, 1.165) is 11.5 Å². The van der Waals surface area contributed by atoms with Crippen LogP contribution in [0.4, 0.5) is 0 Å². The van der Waals surface area contributed by atoms with Crippen LogP contribution in [-0.2, 0) is 0 Å². The first-order valence-electron chi connectivity index (χ1n) is 3.39. The molecule has 1 heterocycles. The molecular formula is C8H7BrO2. The van der Waals surface area contributed by atoms with Crippen molar-refractivity contribution in [2.24, 2.45) is 0 Å². The van der Waals surface area contributed by atoms with Crippen molar-refractivity contribution >= 4 is 15.9 Å². The van der Waals surface area contributed by atoms with Crippen LogP contribution in [-0.4, -0.2) is 11.6 Å². The minimum atomic E-state index is -0.0163. The number of ether oxygens (including phenoxy) is 2. The molecule has 0 amide bonds. The molecule has 0 bridgehead atoms. The number of fused-ring (bicyclic) bond motifs is 1. The lowest BCUT2D eigenvalue weighted by molar-refractivity contribution is 0.153. The molecule has 2 rings (SSSR count). The summed E-state index contributed by atoms with van der Waals surface area (Å²) in [5.74, 6) is 1.63. The van der Waals surface area contributed by atoms with Crippen LogP contribution in [0.25, 0.3) is 0 Å². The number of rotatable bonds is 0. The first-order valence-corrected chi connectivity index (χ1v) is 4.30. The summed E-state index contributed by atoms with van der Waals surface area (Å²) < 4.78 is 10.8. The van der Waals surface area contributed by atoms with Gasteiger partial charge < -0.3 is 9.47 Å². The van der Waals surface area contributed by atoms with Crippen LogP contribution in [0.15, 0.2) is 24.3 Å². The van der Waals surface area contributed by atoms with Crippen LogP contribution >= 0.6 is 15.9 Å². The van der Waals surface area contributed by atoms with Crippen molar-refractivity contribution in [3.8, 4) is 11.5 Å². The van der Waals surface area contributed by atoms with Gasteiger partial charge in [-0.2, -0.15) is 0 Å². The smallest absolute Gasteiger partial charge is 0.187 e. The number of halogens is 1. The molecule has 0 N–H and O–H groups in total. The zero-order valence-electron chi connectivity index (χ0n) is 5.79. The fourth-order valence-corrected chi connectivity index (χ4v) is 1.33. The van der Waals surface area contributed by atoms with Gasteiger partial charge in [-0.15, -0.1) is 0 Å². The Hall–Kier alpha value is -0.700. The van der Waals surface area contributed by atoms with Gasteiger partial charge in [0.1, 0.15) is 6.61 Å². The van der Waals surface area contributed by atoms with Crippen LogP contribution in [0.1, 0.15) is 0 Å². The lowest BCUT2D eigenvalue weighted by atomic mass is 10.3. The van der Waals surface area contributed by atoms with Gasteiger partial charge in [-0.3, -0.25) is 0 Å². The Balaban J connectivity index is 2.34. The molecule has 58 valence electrons. The van der Waals surface area contributed by atoms with E-state index >= 15 is 0 Å². The fraction of sp³-hybridized carbons (Fsp3) is 0.250. The van der Waals surface area contributed by atoms with Gasteiger partial charge in [0.25, 0.3) is 0 Å². The topological polar surface area (TPSA) is 18.5 Å². The van der Waals surface area contributed by atoms with E-state index in [-0.39, 0.29) is 5.01 Å². The monoisotopic (exact) mass is 214 g/mol. The van der Waals surface area contributed by atoms with E-state index in [1.807, 2.05) is 24.3 Å². The zero-order chi connectivity index (χ0) is 7.68. The molecule has 0 radical (unpaired) electrons. The minimum absolute atomic E-state index is 0.0163. The van der Waals surface area contributed by atoms with Gasteiger partial charge in [0.05, 0.1) is 0 Å². The highest BCUT2D eigenvalue weighted by Gasteiger charge is 2.16. The van der Waals surface area contributed by atoms with Crippen molar-refractivity contribution in [1.82, 2.24) is 0 Å². The van der Waals surface area contributed by atoms with E-state index in [2.05, 4.69) is 15.9 Å². The Kier molecular flexibility index (Phi) is 1.74. The molecule has 3 heteroatoms. The largest absolute Gasteiger partial charge is 0.485 e. The number of hydrogen-bond donors (Lipinski definition) is 0. The summed E-state index contributed by atoms with van der Waals surface area (Å²) in [6.07, 6.45) is 0. The predicted molar refractivity (Wildman–Crippen MR) is 45.3 cm³/mol. The van der Waals surface area contributed by atoms with Crippen molar-refractivity contribution in [3.05, 3.63) is 24.3 Å². The lowest BCUT2D eigenvalue weighted by Crippen LogP contribution is -2.22. The fourth-order valence-electron chi connectivity index (χ4n) is 0.994. The maximum absolute atomic E-state index is 5.42. The van der Waals surface area contributed by atoms with E-state index in [9.17, 15) is 0 Å². The lowest BCUT2D eigenvalue weighted by Gasteiger charge is -2.22. The molecular weight excluding hydrogens is 208 g/mol. The van der Waals surface area contributed by atoms with Crippen LogP contribution in [0.3, 0.4) is 0 Å². The van der Waals surface area contributed by atoms with Crippen molar-refractivity contribution in [2.45, 2.75) is 5.01 Å². The molecule has 1 aliphatic rings. The number of alkyl halides is 1. The van der Waals surface area contributed by atoms with Crippen molar-refractivity contribution in [2.75, 3.05) is 6.61 Å². The summed E-state index contributed by atoms with van der Waals surface area (Å²) in [5.41, 5.74) is 0. The molecule has 1 aliphatic heterocycles. The number of benzene rings is 1. The van der Waals surface area contributed by atoms with Gasteiger partial charge in [0.15, 0.2) is 16.5 Å². The summed E-state index contributed by atoms with van der Waals surface area (Å²) in [5, 5.41) is -0.0163. The summed E-state index contributed by atoms with van der Waals surface area (Å²) in [6.45, 7) is 0.566. The van der Waals surface area contributed by atoms with Gasteiger partial charge in [-0.1, -0.05) is 12.1 Å². The van der Waals surface area contributed by atoms with Crippen LogP contribution < -0.4 is 9.47 Å². The zero-order valence-corrected chi connectivity index (χ0v) is 7.37. The van der Waals surface area contributed by atoms with Gasteiger partial charge in [0.2, 0.25) is 0 Å². The van der Waals surface area contributed by atoms with E-state index < -0.39 is 0 Å². The average Bonchev–Trinajstić information content (AvgIpc) is 2.04. The molecule has 0 aromatic heterocycles. The van der Waals surface area contributed by atoms with Crippen LogP contribution in [0.5, 0.6) is 11.5 Å². The van der Waals surface area contributed by atoms with Gasteiger partial charge >= 0.3 is 0 Å².